The minimum atomic E-state index is 0.334. The summed E-state index contributed by atoms with van der Waals surface area (Å²) >= 11 is 6.14. The molecule has 1 rings (SSSR count). The highest BCUT2D eigenvalue weighted by Gasteiger charge is 2.07. The summed E-state index contributed by atoms with van der Waals surface area (Å²) < 4.78 is 0. The van der Waals surface area contributed by atoms with Crippen molar-refractivity contribution in [2.24, 2.45) is 5.92 Å². The van der Waals surface area contributed by atoms with Gasteiger partial charge in [0, 0.05) is 11.1 Å². The summed E-state index contributed by atoms with van der Waals surface area (Å²) in [5.74, 6) is 0.789. The molecule has 0 fully saturated rings. The van der Waals surface area contributed by atoms with Crippen LogP contribution >= 0.6 is 11.6 Å². The lowest BCUT2D eigenvalue weighted by atomic mass is 10.1. The molecule has 0 saturated carbocycles. The van der Waals surface area contributed by atoms with E-state index in [4.69, 9.17) is 11.6 Å². The van der Waals surface area contributed by atoms with Gasteiger partial charge in [-0.05, 0) is 43.9 Å². The first kappa shape index (κ1) is 13.5. The molecule has 1 unspecified atom stereocenters. The summed E-state index contributed by atoms with van der Waals surface area (Å²) in [5, 5.41) is 4.36. The van der Waals surface area contributed by atoms with E-state index in [1.807, 2.05) is 18.2 Å². The first-order valence-corrected chi connectivity index (χ1v) is 6.47. The van der Waals surface area contributed by atoms with Crippen LogP contribution in [-0.4, -0.2) is 6.54 Å². The summed E-state index contributed by atoms with van der Waals surface area (Å²) in [6, 6.07) is 8.37. The number of nitrogens with one attached hydrogen (secondary N) is 1. The summed E-state index contributed by atoms with van der Waals surface area (Å²) in [7, 11) is 0. The van der Waals surface area contributed by atoms with Gasteiger partial charge in [0.25, 0.3) is 0 Å². The molecule has 0 heterocycles. The Labute approximate surface area is 104 Å². The van der Waals surface area contributed by atoms with Crippen LogP contribution in [-0.2, 0) is 0 Å². The molecule has 0 aliphatic heterocycles. The average molecular weight is 240 g/mol. The lowest BCUT2D eigenvalue weighted by molar-refractivity contribution is 0.497. The minimum absolute atomic E-state index is 0.334. The minimum Gasteiger partial charge on any atom is -0.310 e. The van der Waals surface area contributed by atoms with Gasteiger partial charge in [0.1, 0.15) is 0 Å². The van der Waals surface area contributed by atoms with Crippen LogP contribution in [0, 0.1) is 5.92 Å². The van der Waals surface area contributed by atoms with Crippen LogP contribution in [0.1, 0.15) is 45.2 Å². The highest BCUT2D eigenvalue weighted by molar-refractivity contribution is 6.31. The van der Waals surface area contributed by atoms with Crippen LogP contribution in [0.3, 0.4) is 0 Å². The fourth-order valence-electron chi connectivity index (χ4n) is 1.77. The van der Waals surface area contributed by atoms with E-state index in [0.717, 1.165) is 17.5 Å². The van der Waals surface area contributed by atoms with Gasteiger partial charge in [-0.25, -0.2) is 0 Å². The third-order valence-electron chi connectivity index (χ3n) is 2.78. The fraction of sp³-hybridized carbons (Fsp3) is 0.571. The Morgan fingerprint density at radius 3 is 2.50 bits per heavy atom. The molecule has 1 atom stereocenters. The molecule has 0 aromatic heterocycles. The predicted molar refractivity (Wildman–Crippen MR) is 71.9 cm³/mol. The molecule has 1 aromatic carbocycles. The van der Waals surface area contributed by atoms with Crippen molar-refractivity contribution in [3.8, 4) is 0 Å². The maximum Gasteiger partial charge on any atom is 0.0453 e. The topological polar surface area (TPSA) is 12.0 Å². The van der Waals surface area contributed by atoms with Crippen molar-refractivity contribution < 1.29 is 0 Å². The Morgan fingerprint density at radius 2 is 1.88 bits per heavy atom. The molecule has 0 amide bonds. The molecule has 1 N–H and O–H groups in total. The Balaban J connectivity index is 2.35. The first-order valence-electron chi connectivity index (χ1n) is 6.09. The maximum absolute atomic E-state index is 6.14. The van der Waals surface area contributed by atoms with Gasteiger partial charge >= 0.3 is 0 Å². The molecule has 1 nitrogen and oxygen atoms in total. The van der Waals surface area contributed by atoms with Crippen LogP contribution in [0.25, 0.3) is 0 Å². The van der Waals surface area contributed by atoms with Crippen molar-refractivity contribution in [2.45, 2.75) is 39.7 Å². The second-order valence-electron chi connectivity index (χ2n) is 4.73. The van der Waals surface area contributed by atoms with Crippen molar-refractivity contribution >= 4 is 11.6 Å². The number of hydrogen-bond acceptors (Lipinski definition) is 1. The zero-order valence-corrected chi connectivity index (χ0v) is 11.2. The largest absolute Gasteiger partial charge is 0.310 e. The molecule has 2 heteroatoms. The fourth-order valence-corrected chi connectivity index (χ4v) is 2.06. The van der Waals surface area contributed by atoms with E-state index in [0.29, 0.717) is 6.04 Å². The molecule has 0 bridgehead atoms. The number of halogens is 1. The van der Waals surface area contributed by atoms with E-state index in [-0.39, 0.29) is 0 Å². The van der Waals surface area contributed by atoms with Crippen molar-refractivity contribution in [3.05, 3.63) is 34.9 Å². The van der Waals surface area contributed by atoms with E-state index in [1.165, 1.54) is 18.4 Å². The first-order chi connectivity index (χ1) is 7.61. The Hall–Kier alpha value is -0.530. The van der Waals surface area contributed by atoms with Gasteiger partial charge < -0.3 is 5.32 Å². The lowest BCUT2D eigenvalue weighted by Gasteiger charge is -2.15. The van der Waals surface area contributed by atoms with E-state index in [9.17, 15) is 0 Å². The third kappa shape index (κ3) is 4.54. The quantitative estimate of drug-likeness (QED) is 0.725. The molecule has 16 heavy (non-hydrogen) atoms. The monoisotopic (exact) mass is 239 g/mol. The summed E-state index contributed by atoms with van der Waals surface area (Å²) in [6.07, 6.45) is 2.51. The van der Waals surface area contributed by atoms with Gasteiger partial charge in [0.15, 0.2) is 0 Å². The lowest BCUT2D eigenvalue weighted by Crippen LogP contribution is -2.20. The van der Waals surface area contributed by atoms with Gasteiger partial charge in [-0.3, -0.25) is 0 Å². The highest BCUT2D eigenvalue weighted by atomic mass is 35.5. The second kappa shape index (κ2) is 6.93. The van der Waals surface area contributed by atoms with Crippen LogP contribution in [0.2, 0.25) is 5.02 Å². The SMILES string of the molecule is CC(C)CCCNC(C)c1ccccc1Cl. The van der Waals surface area contributed by atoms with Crippen LogP contribution < -0.4 is 5.32 Å². The molecule has 0 aliphatic rings. The van der Waals surface area contributed by atoms with Gasteiger partial charge in [-0.1, -0.05) is 43.6 Å². The molecule has 0 saturated heterocycles. The highest BCUT2D eigenvalue weighted by Crippen LogP contribution is 2.22. The molecular weight excluding hydrogens is 218 g/mol. The van der Waals surface area contributed by atoms with Gasteiger partial charge in [-0.15, -0.1) is 0 Å². The molecule has 90 valence electrons. The van der Waals surface area contributed by atoms with E-state index in [2.05, 4.69) is 32.2 Å². The normalized spacial score (nSPS) is 13.1. The molecule has 0 radical (unpaired) electrons. The maximum atomic E-state index is 6.14. The molecule has 0 spiro atoms. The van der Waals surface area contributed by atoms with E-state index in [1.54, 1.807) is 0 Å². The summed E-state index contributed by atoms with van der Waals surface area (Å²) in [6.45, 7) is 7.75. The Morgan fingerprint density at radius 1 is 1.19 bits per heavy atom. The predicted octanol–water partition coefficient (Wildman–Crippen LogP) is 4.43. The van der Waals surface area contributed by atoms with Crippen LogP contribution in [0.5, 0.6) is 0 Å². The van der Waals surface area contributed by atoms with E-state index < -0.39 is 0 Å². The Kier molecular flexibility index (Phi) is 5.86. The van der Waals surface area contributed by atoms with E-state index >= 15 is 0 Å². The number of rotatable bonds is 6. The van der Waals surface area contributed by atoms with Crippen molar-refractivity contribution in [3.63, 3.8) is 0 Å². The van der Waals surface area contributed by atoms with Crippen LogP contribution in [0.4, 0.5) is 0 Å². The molecular formula is C14H22ClN. The zero-order chi connectivity index (χ0) is 12.0. The van der Waals surface area contributed by atoms with Crippen molar-refractivity contribution in [1.82, 2.24) is 5.32 Å². The number of hydrogen-bond donors (Lipinski definition) is 1. The van der Waals surface area contributed by atoms with Gasteiger partial charge in [0.05, 0.1) is 0 Å². The third-order valence-corrected chi connectivity index (χ3v) is 3.12. The summed E-state index contributed by atoms with van der Waals surface area (Å²) in [5.41, 5.74) is 1.19. The van der Waals surface area contributed by atoms with Crippen molar-refractivity contribution in [1.29, 1.82) is 0 Å². The average Bonchev–Trinajstić information content (AvgIpc) is 2.24. The van der Waals surface area contributed by atoms with Crippen LogP contribution in [0.15, 0.2) is 24.3 Å². The zero-order valence-electron chi connectivity index (χ0n) is 10.5. The molecule has 0 aliphatic carbocycles. The van der Waals surface area contributed by atoms with Gasteiger partial charge in [0.2, 0.25) is 0 Å². The molecule has 1 aromatic rings. The number of benzene rings is 1. The second-order valence-corrected chi connectivity index (χ2v) is 5.14. The smallest absolute Gasteiger partial charge is 0.0453 e. The Bertz CT molecular complexity index is 309. The summed E-state index contributed by atoms with van der Waals surface area (Å²) in [4.78, 5) is 0. The van der Waals surface area contributed by atoms with Gasteiger partial charge in [-0.2, -0.15) is 0 Å². The van der Waals surface area contributed by atoms with Crippen molar-refractivity contribution in [2.75, 3.05) is 6.54 Å². The standard InChI is InChI=1S/C14H22ClN/c1-11(2)7-6-10-16-12(3)13-8-4-5-9-14(13)15/h4-5,8-9,11-12,16H,6-7,10H2,1-3H3.